The molecule has 4 rings (SSSR count). The summed E-state index contributed by atoms with van der Waals surface area (Å²) in [6, 6.07) is 13.5. The summed E-state index contributed by atoms with van der Waals surface area (Å²) in [4.78, 5) is 42.2. The molecule has 0 saturated carbocycles. The summed E-state index contributed by atoms with van der Waals surface area (Å²) in [5, 5.41) is 11.7. The van der Waals surface area contributed by atoms with Gasteiger partial charge in [0.2, 0.25) is 11.8 Å². The van der Waals surface area contributed by atoms with Crippen molar-refractivity contribution in [2.75, 3.05) is 17.6 Å². The number of nitrogens with zero attached hydrogens (tertiary/aromatic N) is 3. The fourth-order valence-electron chi connectivity index (χ4n) is 3.78. The van der Waals surface area contributed by atoms with E-state index in [1.165, 1.54) is 28.7 Å². The highest BCUT2D eigenvalue weighted by atomic mass is 32.2. The molecule has 11 heteroatoms. The molecule has 9 nitrogen and oxygen atoms in total. The first-order valence-corrected chi connectivity index (χ1v) is 14.0. The van der Waals surface area contributed by atoms with Crippen LogP contribution in [-0.4, -0.2) is 38.8 Å². The molecule has 0 fully saturated rings. The number of aryl methyl sites for hydroxylation is 1. The molecule has 0 aliphatic carbocycles. The van der Waals surface area contributed by atoms with Crippen molar-refractivity contribution in [1.82, 2.24) is 20.0 Å². The molecule has 37 heavy (non-hydrogen) atoms. The molecule has 0 radical (unpaired) electrons. The highest BCUT2D eigenvalue weighted by Crippen LogP contribution is 2.22. The van der Waals surface area contributed by atoms with Gasteiger partial charge in [-0.2, -0.15) is 0 Å². The number of nitrogens with one attached hydrogen (secondary N) is 2. The number of carbonyl (C=O) groups excluding carboxylic acids is 2. The summed E-state index contributed by atoms with van der Waals surface area (Å²) in [5.74, 6) is 0.816. The molecule has 0 saturated heterocycles. The molecular weight excluding hydrogens is 510 g/mol. The molecule has 1 aromatic carbocycles. The lowest BCUT2D eigenvalue weighted by Gasteiger charge is -2.12. The Balaban J connectivity index is 1.25. The van der Waals surface area contributed by atoms with Crippen molar-refractivity contribution in [1.29, 1.82) is 0 Å². The summed E-state index contributed by atoms with van der Waals surface area (Å²) in [6.07, 6.45) is 3.53. The summed E-state index contributed by atoms with van der Waals surface area (Å²) in [7, 11) is 0. The van der Waals surface area contributed by atoms with E-state index in [4.69, 9.17) is 4.52 Å². The zero-order valence-corrected chi connectivity index (χ0v) is 22.2. The van der Waals surface area contributed by atoms with Crippen LogP contribution < -0.4 is 16.2 Å². The van der Waals surface area contributed by atoms with E-state index in [1.807, 2.05) is 41.8 Å². The second-order valence-corrected chi connectivity index (χ2v) is 10.4. The number of fused-ring (bicyclic) bond motifs is 1. The number of hydrogen-bond donors (Lipinski definition) is 2. The number of carbonyl (C=O) groups is 2. The van der Waals surface area contributed by atoms with Crippen LogP contribution in [0, 0.1) is 6.92 Å². The predicted molar refractivity (Wildman–Crippen MR) is 146 cm³/mol. The third kappa shape index (κ3) is 7.77. The molecule has 0 atom stereocenters. The van der Waals surface area contributed by atoms with Crippen LogP contribution in [0.1, 0.15) is 37.0 Å². The topological polar surface area (TPSA) is 119 Å². The van der Waals surface area contributed by atoms with Gasteiger partial charge in [0.15, 0.2) is 11.0 Å². The van der Waals surface area contributed by atoms with E-state index >= 15 is 0 Å². The van der Waals surface area contributed by atoms with Crippen molar-refractivity contribution in [3.8, 4) is 0 Å². The summed E-state index contributed by atoms with van der Waals surface area (Å²) in [5.41, 5.74) is 1.73. The van der Waals surface area contributed by atoms with E-state index in [0.29, 0.717) is 46.5 Å². The minimum absolute atomic E-state index is 0.0410. The number of anilines is 1. The van der Waals surface area contributed by atoms with Crippen molar-refractivity contribution in [2.24, 2.45) is 0 Å². The Hall–Kier alpha value is -3.44. The van der Waals surface area contributed by atoms with Gasteiger partial charge in [0.05, 0.1) is 11.3 Å². The number of benzene rings is 1. The fourth-order valence-corrected chi connectivity index (χ4v) is 5.38. The molecule has 4 aromatic rings. The number of rotatable bonds is 13. The van der Waals surface area contributed by atoms with E-state index in [1.54, 1.807) is 17.6 Å². The van der Waals surface area contributed by atoms with Gasteiger partial charge >= 0.3 is 0 Å². The van der Waals surface area contributed by atoms with Gasteiger partial charge in [-0.3, -0.25) is 19.0 Å². The van der Waals surface area contributed by atoms with Crippen LogP contribution in [0.3, 0.4) is 0 Å². The van der Waals surface area contributed by atoms with Crippen LogP contribution in [0.2, 0.25) is 0 Å². The summed E-state index contributed by atoms with van der Waals surface area (Å²) in [6.45, 7) is 2.84. The zero-order chi connectivity index (χ0) is 26.0. The molecule has 3 heterocycles. The van der Waals surface area contributed by atoms with Crippen molar-refractivity contribution in [3.63, 3.8) is 0 Å². The number of hydrogen-bond acceptors (Lipinski definition) is 8. The molecule has 0 unspecified atom stereocenters. The number of thiophene rings is 1. The standard InChI is InChI=1S/C26H29N5O4S2/c1-18-16-21(30-35-18)29-23(33)17-37-26-28-20-12-15-36-24(20)25(34)31(26)14-7-3-6-10-22(32)27-13-11-19-8-4-2-5-9-19/h2,4-5,8-9,12,15-16H,3,6-7,10-11,13-14,17H2,1H3,(H,27,32)(H,29,30,33). The lowest BCUT2D eigenvalue weighted by Crippen LogP contribution is -2.25. The van der Waals surface area contributed by atoms with E-state index in [9.17, 15) is 14.4 Å². The van der Waals surface area contributed by atoms with E-state index in [2.05, 4.69) is 20.8 Å². The van der Waals surface area contributed by atoms with Crippen LogP contribution >= 0.6 is 23.1 Å². The number of thioether (sulfide) groups is 1. The Kier molecular flexibility index (Phi) is 9.50. The number of amides is 2. The molecule has 2 N–H and O–H groups in total. The third-order valence-electron chi connectivity index (χ3n) is 5.62. The van der Waals surface area contributed by atoms with Crippen molar-refractivity contribution < 1.29 is 14.1 Å². The molecular formula is C26H29N5O4S2. The van der Waals surface area contributed by atoms with Crippen LogP contribution in [0.15, 0.2) is 62.3 Å². The maximum atomic E-state index is 13.1. The van der Waals surface area contributed by atoms with Gasteiger partial charge in [-0.05, 0) is 43.2 Å². The third-order valence-corrected chi connectivity index (χ3v) is 7.49. The maximum absolute atomic E-state index is 13.1. The minimum atomic E-state index is -0.261. The minimum Gasteiger partial charge on any atom is -0.360 e. The van der Waals surface area contributed by atoms with Crippen molar-refractivity contribution in [3.05, 3.63) is 69.5 Å². The molecule has 0 bridgehead atoms. The van der Waals surface area contributed by atoms with Gasteiger partial charge in [-0.1, -0.05) is 53.7 Å². The van der Waals surface area contributed by atoms with Gasteiger partial charge in [0.25, 0.3) is 5.56 Å². The normalized spacial score (nSPS) is 11.1. The molecule has 2 amide bonds. The van der Waals surface area contributed by atoms with Crippen molar-refractivity contribution in [2.45, 2.75) is 50.7 Å². The fraction of sp³-hybridized carbons (Fsp3) is 0.346. The molecule has 194 valence electrons. The van der Waals surface area contributed by atoms with Crippen molar-refractivity contribution >= 4 is 50.9 Å². The summed E-state index contributed by atoms with van der Waals surface area (Å²) < 4.78 is 7.20. The first-order chi connectivity index (χ1) is 18.0. The maximum Gasteiger partial charge on any atom is 0.272 e. The Morgan fingerprint density at radius 1 is 1.11 bits per heavy atom. The van der Waals surface area contributed by atoms with Gasteiger partial charge in [-0.25, -0.2) is 4.98 Å². The zero-order valence-electron chi connectivity index (χ0n) is 20.6. The van der Waals surface area contributed by atoms with Crippen LogP contribution in [0.4, 0.5) is 5.82 Å². The monoisotopic (exact) mass is 539 g/mol. The molecule has 0 aliphatic rings. The molecule has 0 spiro atoms. The van der Waals surface area contributed by atoms with Gasteiger partial charge in [0, 0.05) is 25.6 Å². The van der Waals surface area contributed by atoms with Gasteiger partial charge < -0.3 is 15.2 Å². The number of aromatic nitrogens is 3. The largest absolute Gasteiger partial charge is 0.360 e. The van der Waals surface area contributed by atoms with Crippen LogP contribution in [0.25, 0.3) is 10.2 Å². The predicted octanol–water partition coefficient (Wildman–Crippen LogP) is 4.40. The number of unbranched alkanes of at least 4 members (excludes halogenated alkanes) is 2. The Morgan fingerprint density at radius 3 is 2.73 bits per heavy atom. The summed E-state index contributed by atoms with van der Waals surface area (Å²) >= 11 is 2.57. The van der Waals surface area contributed by atoms with Crippen LogP contribution in [-0.2, 0) is 22.6 Å². The molecule has 3 aromatic heterocycles. The molecule has 0 aliphatic heterocycles. The van der Waals surface area contributed by atoms with Crippen LogP contribution in [0.5, 0.6) is 0 Å². The highest BCUT2D eigenvalue weighted by molar-refractivity contribution is 7.99. The SMILES string of the molecule is Cc1cc(NC(=O)CSc2nc3ccsc3c(=O)n2CCCCCC(=O)NCCc2ccccc2)no1. The van der Waals surface area contributed by atoms with E-state index in [-0.39, 0.29) is 23.1 Å². The Bertz CT molecular complexity index is 1400. The Morgan fingerprint density at radius 2 is 1.95 bits per heavy atom. The highest BCUT2D eigenvalue weighted by Gasteiger charge is 2.15. The first-order valence-electron chi connectivity index (χ1n) is 12.1. The van der Waals surface area contributed by atoms with Gasteiger partial charge in [0.1, 0.15) is 10.5 Å². The smallest absolute Gasteiger partial charge is 0.272 e. The lowest BCUT2D eigenvalue weighted by atomic mass is 10.1. The van der Waals surface area contributed by atoms with Gasteiger partial charge in [-0.15, -0.1) is 11.3 Å². The lowest BCUT2D eigenvalue weighted by molar-refractivity contribution is -0.121. The second-order valence-electron chi connectivity index (χ2n) is 8.54. The van der Waals surface area contributed by atoms with E-state index in [0.717, 1.165) is 25.7 Å². The average Bonchev–Trinajstić information content (AvgIpc) is 3.53. The second kappa shape index (κ2) is 13.2. The van der Waals surface area contributed by atoms with E-state index < -0.39 is 0 Å². The average molecular weight is 540 g/mol. The first kappa shape index (κ1) is 26.6. The quantitative estimate of drug-likeness (QED) is 0.147. The Labute approximate surface area is 222 Å².